The number of nitrogens with one attached hydrogen (secondary N) is 1. The molecule has 0 radical (unpaired) electrons. The number of hydrogen-bond donors (Lipinski definition) is 2. The predicted molar refractivity (Wildman–Crippen MR) is 114 cm³/mol. The molecular formula is C20H13Cl2FN6O3. The van der Waals surface area contributed by atoms with Crippen molar-refractivity contribution < 1.29 is 18.7 Å². The first-order valence-electron chi connectivity index (χ1n) is 9.32. The maximum absolute atomic E-state index is 14.6. The first-order chi connectivity index (χ1) is 15.4. The van der Waals surface area contributed by atoms with E-state index >= 15 is 0 Å². The molecule has 2 aliphatic heterocycles. The summed E-state index contributed by atoms with van der Waals surface area (Å²) in [6.45, 7) is 0.323. The topological polar surface area (TPSA) is 125 Å². The Kier molecular flexibility index (Phi) is 4.83. The van der Waals surface area contributed by atoms with Crippen LogP contribution in [-0.2, 0) is 10.3 Å². The number of carbonyl (C=O) groups is 1. The number of rotatable bonds is 2. The lowest BCUT2D eigenvalue weighted by molar-refractivity contribution is 0.0624. The zero-order valence-corrected chi connectivity index (χ0v) is 17.6. The van der Waals surface area contributed by atoms with Crippen molar-refractivity contribution in [2.75, 3.05) is 11.9 Å². The molecule has 12 heteroatoms. The highest BCUT2D eigenvalue weighted by atomic mass is 35.5. The van der Waals surface area contributed by atoms with Gasteiger partial charge in [-0.2, -0.15) is 4.39 Å². The van der Waals surface area contributed by atoms with Gasteiger partial charge in [0.25, 0.3) is 17.9 Å². The summed E-state index contributed by atoms with van der Waals surface area (Å²) >= 11 is 11.7. The number of fused-ring (bicyclic) bond motifs is 4. The number of amidine groups is 1. The number of ether oxygens (including phenoxy) is 2. The molecule has 1 aromatic carbocycles. The minimum absolute atomic E-state index is 0.0609. The van der Waals surface area contributed by atoms with E-state index in [1.165, 1.54) is 18.5 Å². The molecule has 32 heavy (non-hydrogen) atoms. The fourth-order valence-corrected chi connectivity index (χ4v) is 4.01. The van der Waals surface area contributed by atoms with Gasteiger partial charge in [0, 0.05) is 24.2 Å². The first kappa shape index (κ1) is 20.4. The lowest BCUT2D eigenvalue weighted by atomic mass is 9.80. The summed E-state index contributed by atoms with van der Waals surface area (Å²) < 4.78 is 26.4. The second-order valence-corrected chi connectivity index (χ2v) is 7.78. The van der Waals surface area contributed by atoms with Crippen molar-refractivity contribution in [3.63, 3.8) is 0 Å². The number of nitrogens with two attached hydrogens (primary N) is 1. The van der Waals surface area contributed by atoms with Gasteiger partial charge in [-0.25, -0.2) is 19.9 Å². The van der Waals surface area contributed by atoms with Crippen LogP contribution < -0.4 is 15.8 Å². The van der Waals surface area contributed by atoms with Crippen molar-refractivity contribution in [1.82, 2.24) is 15.0 Å². The van der Waals surface area contributed by atoms with Crippen LogP contribution in [0.4, 0.5) is 10.1 Å². The fourth-order valence-electron chi connectivity index (χ4n) is 3.73. The van der Waals surface area contributed by atoms with E-state index in [4.69, 9.17) is 38.4 Å². The summed E-state index contributed by atoms with van der Waals surface area (Å²) in [7, 11) is 0. The van der Waals surface area contributed by atoms with Gasteiger partial charge in [-0.15, -0.1) is 0 Å². The van der Waals surface area contributed by atoms with Crippen LogP contribution in [0, 0.1) is 5.95 Å². The summed E-state index contributed by atoms with van der Waals surface area (Å²) in [5.74, 6) is -1.16. The Morgan fingerprint density at radius 1 is 1.16 bits per heavy atom. The van der Waals surface area contributed by atoms with Gasteiger partial charge in [0.05, 0.1) is 18.0 Å². The van der Waals surface area contributed by atoms with Crippen molar-refractivity contribution in [2.24, 2.45) is 10.7 Å². The maximum atomic E-state index is 14.6. The van der Waals surface area contributed by atoms with Crippen molar-refractivity contribution in [3.05, 3.63) is 69.7 Å². The highest BCUT2D eigenvalue weighted by Gasteiger charge is 2.48. The van der Waals surface area contributed by atoms with E-state index in [0.717, 1.165) is 0 Å². The molecular weight excluding hydrogens is 462 g/mol. The molecule has 3 N–H and O–H groups in total. The molecule has 0 saturated heterocycles. The van der Waals surface area contributed by atoms with Crippen LogP contribution in [0.25, 0.3) is 0 Å². The first-order valence-corrected chi connectivity index (χ1v) is 10.1. The number of pyridine rings is 1. The minimum Gasteiger partial charge on any atom is -0.452 e. The molecule has 0 unspecified atom stereocenters. The van der Waals surface area contributed by atoms with E-state index in [1.54, 1.807) is 18.2 Å². The molecule has 2 aromatic heterocycles. The summed E-state index contributed by atoms with van der Waals surface area (Å²) in [4.78, 5) is 28.1. The normalized spacial score (nSPS) is 18.7. The Labute approximate surface area is 190 Å². The minimum atomic E-state index is -1.23. The monoisotopic (exact) mass is 474 g/mol. The standard InChI is InChI=1S/C20H13Cl2FN6O3/c21-14-6-11-16(17(23)29-14)31-13-2-1-9(28-18(30)12-7-27-15(22)8-26-12)5-10(13)20(11)3-4-25-19(24)32-20/h1-2,5-8H,3-4H2,(H2,24,25)(H,28,30)/t20-/m0/s1. The zero-order valence-electron chi connectivity index (χ0n) is 16.1. The number of nitrogens with zero attached hydrogens (tertiary/aromatic N) is 4. The van der Waals surface area contributed by atoms with Crippen LogP contribution >= 0.6 is 23.2 Å². The SMILES string of the molecule is NC1=NCC[C@]2(O1)c1cc(NC(=O)c3cnc(Cl)cn3)ccc1Oc1c2cc(Cl)nc1F. The summed E-state index contributed by atoms with van der Waals surface area (Å²) in [5, 5.41) is 2.84. The number of aliphatic imine (C=N–C) groups is 1. The number of halogens is 3. The second-order valence-electron chi connectivity index (χ2n) is 7.00. The number of hydrogen-bond acceptors (Lipinski definition) is 8. The number of benzene rings is 1. The van der Waals surface area contributed by atoms with Crippen molar-refractivity contribution >= 4 is 40.8 Å². The molecule has 0 bridgehead atoms. The molecule has 0 fully saturated rings. The average Bonchev–Trinajstić information content (AvgIpc) is 2.76. The van der Waals surface area contributed by atoms with Gasteiger partial charge in [0.2, 0.25) is 0 Å². The van der Waals surface area contributed by atoms with Gasteiger partial charge in [0.1, 0.15) is 21.7 Å². The van der Waals surface area contributed by atoms with Crippen LogP contribution in [0.2, 0.25) is 10.3 Å². The molecule has 2 aliphatic rings. The van der Waals surface area contributed by atoms with E-state index in [9.17, 15) is 9.18 Å². The molecule has 5 rings (SSSR count). The molecule has 0 saturated carbocycles. The summed E-state index contributed by atoms with van der Waals surface area (Å²) in [6, 6.07) is 6.25. The van der Waals surface area contributed by atoms with Crippen LogP contribution in [0.15, 0.2) is 41.7 Å². The summed E-state index contributed by atoms with van der Waals surface area (Å²) in [5.41, 5.74) is 5.99. The Balaban J connectivity index is 1.59. The van der Waals surface area contributed by atoms with Gasteiger partial charge >= 0.3 is 0 Å². The quantitative estimate of drug-likeness (QED) is 0.542. The number of aromatic nitrogens is 3. The zero-order chi connectivity index (χ0) is 22.5. The molecule has 4 heterocycles. The fraction of sp³-hybridized carbons (Fsp3) is 0.150. The average molecular weight is 475 g/mol. The van der Waals surface area contributed by atoms with Crippen molar-refractivity contribution in [1.29, 1.82) is 0 Å². The van der Waals surface area contributed by atoms with Gasteiger partial charge in [-0.05, 0) is 24.3 Å². The van der Waals surface area contributed by atoms with E-state index < -0.39 is 17.5 Å². The van der Waals surface area contributed by atoms with Crippen LogP contribution in [-0.4, -0.2) is 33.4 Å². The maximum Gasteiger partial charge on any atom is 0.283 e. The van der Waals surface area contributed by atoms with Crippen molar-refractivity contribution in [2.45, 2.75) is 12.0 Å². The molecule has 0 aliphatic carbocycles. The van der Waals surface area contributed by atoms with E-state index in [1.807, 2.05) is 0 Å². The lowest BCUT2D eigenvalue weighted by Crippen LogP contribution is -2.42. The smallest absolute Gasteiger partial charge is 0.283 e. The summed E-state index contributed by atoms with van der Waals surface area (Å²) in [6.07, 6.45) is 2.86. The Morgan fingerprint density at radius 3 is 2.75 bits per heavy atom. The molecule has 9 nitrogen and oxygen atoms in total. The molecule has 1 atom stereocenters. The number of carbonyl (C=O) groups excluding carboxylic acids is 1. The van der Waals surface area contributed by atoms with E-state index in [0.29, 0.717) is 35.5 Å². The molecule has 1 spiro atoms. The van der Waals surface area contributed by atoms with Crippen LogP contribution in [0.1, 0.15) is 28.0 Å². The number of anilines is 1. The molecule has 162 valence electrons. The highest BCUT2D eigenvalue weighted by Crippen LogP contribution is 2.53. The lowest BCUT2D eigenvalue weighted by Gasteiger charge is -2.41. The molecule has 1 amide bonds. The van der Waals surface area contributed by atoms with Crippen LogP contribution in [0.5, 0.6) is 11.5 Å². The third kappa shape index (κ3) is 3.37. The Hall–Kier alpha value is -3.50. The largest absolute Gasteiger partial charge is 0.452 e. The van der Waals surface area contributed by atoms with Crippen LogP contribution in [0.3, 0.4) is 0 Å². The van der Waals surface area contributed by atoms with Gasteiger partial charge in [0.15, 0.2) is 11.4 Å². The third-order valence-corrected chi connectivity index (χ3v) is 5.47. The molecule has 3 aromatic rings. The predicted octanol–water partition coefficient (Wildman–Crippen LogP) is 3.65. The van der Waals surface area contributed by atoms with Crippen molar-refractivity contribution in [3.8, 4) is 11.5 Å². The van der Waals surface area contributed by atoms with E-state index in [2.05, 4.69) is 25.3 Å². The van der Waals surface area contributed by atoms with E-state index in [-0.39, 0.29) is 27.8 Å². The highest BCUT2D eigenvalue weighted by molar-refractivity contribution is 6.29. The Bertz CT molecular complexity index is 1290. The number of amides is 1. The Morgan fingerprint density at radius 2 is 2.00 bits per heavy atom. The third-order valence-electron chi connectivity index (χ3n) is 5.08. The van der Waals surface area contributed by atoms with Gasteiger partial charge in [-0.1, -0.05) is 23.2 Å². The second kappa shape index (κ2) is 7.57. The van der Waals surface area contributed by atoms with Gasteiger partial charge in [-0.3, -0.25) is 4.79 Å². The van der Waals surface area contributed by atoms with Gasteiger partial charge < -0.3 is 20.5 Å².